The van der Waals surface area contributed by atoms with Crippen LogP contribution in [0.4, 0.5) is 4.79 Å². The Morgan fingerprint density at radius 3 is 2.34 bits per heavy atom. The van der Waals surface area contributed by atoms with Crippen LogP contribution in [0, 0.1) is 0 Å². The van der Waals surface area contributed by atoms with E-state index in [0.717, 1.165) is 16.8 Å². The molecule has 0 atom stereocenters. The molecule has 1 aliphatic heterocycles. The molecule has 0 unspecified atom stereocenters. The topological polar surface area (TPSA) is 66.0 Å². The summed E-state index contributed by atoms with van der Waals surface area (Å²) in [4.78, 5) is 12.2. The summed E-state index contributed by atoms with van der Waals surface area (Å²) in [5, 5.41) is 2.81. The van der Waals surface area contributed by atoms with Gasteiger partial charge in [-0.15, -0.1) is 0 Å². The molecule has 0 aromatic heterocycles. The third-order valence-corrected chi connectivity index (χ3v) is 4.91. The second-order valence-electron chi connectivity index (χ2n) is 9.17. The Balaban J connectivity index is 2.26. The van der Waals surface area contributed by atoms with Crippen LogP contribution in [-0.2, 0) is 14.0 Å². The molecule has 1 amide bonds. The number of ether oxygens (including phenoxy) is 2. The second-order valence-corrected chi connectivity index (χ2v) is 9.17. The molecule has 7 heteroatoms. The first-order chi connectivity index (χ1) is 13.3. The number of carbonyl (C=O) groups excluding carboxylic acids is 1. The van der Waals surface area contributed by atoms with Gasteiger partial charge in [0.1, 0.15) is 11.4 Å². The second kappa shape index (κ2) is 8.80. The molecular formula is C22H34BNO5. The number of hydrogen-bond donors (Lipinski definition) is 1. The number of benzene rings is 1. The fraction of sp³-hybridized carbons (Fsp3) is 0.591. The summed E-state index contributed by atoms with van der Waals surface area (Å²) < 4.78 is 23.3. The highest BCUT2D eigenvalue weighted by Gasteiger charge is 2.52. The lowest BCUT2D eigenvalue weighted by Crippen LogP contribution is -2.41. The first-order valence-electron chi connectivity index (χ1n) is 10.1. The minimum absolute atomic E-state index is 0.241. The fourth-order valence-electron chi connectivity index (χ4n) is 2.76. The SMILES string of the molecule is CCOc1cccc(C=C(CNC(=O)OC(C)(C)C)B2OC(C)(C)C(C)(C)O2)c1. The van der Waals surface area contributed by atoms with Crippen molar-refractivity contribution < 1.29 is 23.6 Å². The summed E-state index contributed by atoms with van der Waals surface area (Å²) in [5.74, 6) is 0.787. The number of rotatable bonds is 6. The van der Waals surface area contributed by atoms with E-state index in [9.17, 15) is 4.79 Å². The summed E-state index contributed by atoms with van der Waals surface area (Å²) in [5.41, 5.74) is 0.213. The van der Waals surface area contributed by atoms with Crippen molar-refractivity contribution in [3.8, 4) is 5.75 Å². The molecule has 1 aromatic carbocycles. The monoisotopic (exact) mass is 403 g/mol. The molecule has 29 heavy (non-hydrogen) atoms. The Bertz CT molecular complexity index is 736. The number of carbonyl (C=O) groups is 1. The van der Waals surface area contributed by atoms with Gasteiger partial charge in [-0.05, 0) is 78.6 Å². The van der Waals surface area contributed by atoms with Crippen molar-refractivity contribution in [2.45, 2.75) is 72.2 Å². The van der Waals surface area contributed by atoms with Crippen molar-refractivity contribution in [2.75, 3.05) is 13.2 Å². The smallest absolute Gasteiger partial charge is 0.492 e. The Hall–Kier alpha value is -1.99. The molecule has 2 rings (SSSR count). The minimum Gasteiger partial charge on any atom is -0.494 e. The number of amides is 1. The zero-order valence-electron chi connectivity index (χ0n) is 18.9. The van der Waals surface area contributed by atoms with Crippen molar-refractivity contribution >= 4 is 19.3 Å². The number of nitrogens with one attached hydrogen (secondary N) is 1. The maximum Gasteiger partial charge on any atom is 0.492 e. The summed E-state index contributed by atoms with van der Waals surface area (Å²) in [6.07, 6.45) is 1.48. The van der Waals surface area contributed by atoms with Crippen LogP contribution in [0.15, 0.2) is 29.7 Å². The highest BCUT2D eigenvalue weighted by Crippen LogP contribution is 2.38. The molecular weight excluding hydrogens is 369 g/mol. The van der Waals surface area contributed by atoms with Gasteiger partial charge in [-0.1, -0.05) is 18.2 Å². The van der Waals surface area contributed by atoms with Gasteiger partial charge in [-0.3, -0.25) is 0 Å². The molecule has 1 N–H and O–H groups in total. The van der Waals surface area contributed by atoms with E-state index in [-0.39, 0.29) is 6.54 Å². The molecule has 0 saturated carbocycles. The average Bonchev–Trinajstić information content (AvgIpc) is 2.78. The molecule has 1 aliphatic rings. The number of hydrogen-bond acceptors (Lipinski definition) is 5. The van der Waals surface area contributed by atoms with Crippen LogP contribution in [0.1, 0.15) is 61.0 Å². The fourth-order valence-corrected chi connectivity index (χ4v) is 2.76. The Morgan fingerprint density at radius 1 is 1.17 bits per heavy atom. The lowest BCUT2D eigenvalue weighted by molar-refractivity contribution is 0.00578. The van der Waals surface area contributed by atoms with Crippen LogP contribution in [0.5, 0.6) is 5.75 Å². The van der Waals surface area contributed by atoms with E-state index in [1.54, 1.807) is 0 Å². The van der Waals surface area contributed by atoms with Crippen LogP contribution < -0.4 is 10.1 Å². The zero-order valence-corrected chi connectivity index (χ0v) is 18.9. The van der Waals surface area contributed by atoms with E-state index in [4.69, 9.17) is 18.8 Å². The lowest BCUT2D eigenvalue weighted by atomic mass is 9.77. The van der Waals surface area contributed by atoms with E-state index < -0.39 is 30.0 Å². The normalized spacial score (nSPS) is 18.5. The molecule has 6 nitrogen and oxygen atoms in total. The third kappa shape index (κ3) is 6.51. The lowest BCUT2D eigenvalue weighted by Gasteiger charge is -2.32. The van der Waals surface area contributed by atoms with Gasteiger partial charge in [0.2, 0.25) is 0 Å². The highest BCUT2D eigenvalue weighted by molar-refractivity contribution is 6.56. The van der Waals surface area contributed by atoms with Gasteiger partial charge in [0.15, 0.2) is 0 Å². The summed E-state index contributed by atoms with van der Waals surface area (Å²) >= 11 is 0. The molecule has 0 bridgehead atoms. The predicted octanol–water partition coefficient (Wildman–Crippen LogP) is 4.62. The summed E-state index contributed by atoms with van der Waals surface area (Å²) in [6, 6.07) is 7.76. The maximum atomic E-state index is 12.2. The zero-order chi connectivity index (χ0) is 21.9. The van der Waals surface area contributed by atoms with Crippen molar-refractivity contribution in [2.24, 2.45) is 0 Å². The molecule has 160 valence electrons. The Labute approximate surface area is 175 Å². The minimum atomic E-state index is -0.578. The predicted molar refractivity (Wildman–Crippen MR) is 116 cm³/mol. The van der Waals surface area contributed by atoms with Crippen LogP contribution >= 0.6 is 0 Å². The first kappa shape index (κ1) is 23.3. The molecule has 0 aliphatic carbocycles. The molecule has 0 spiro atoms. The molecule has 1 fully saturated rings. The standard InChI is InChI=1S/C22H34BNO5/c1-9-26-18-12-10-11-16(14-18)13-17(15-24-19(25)27-20(2,3)4)23-28-21(5,6)22(7,8)29-23/h10-14H,9,15H2,1-8H3,(H,24,25). The van der Waals surface area contributed by atoms with Crippen LogP contribution in [0.25, 0.3) is 6.08 Å². The molecule has 1 saturated heterocycles. The Kier molecular flexibility index (Phi) is 7.07. The summed E-state index contributed by atoms with van der Waals surface area (Å²) in [7, 11) is -0.578. The van der Waals surface area contributed by atoms with Gasteiger partial charge < -0.3 is 24.1 Å². The molecule has 1 heterocycles. The largest absolute Gasteiger partial charge is 0.494 e. The average molecular weight is 403 g/mol. The van der Waals surface area contributed by atoms with Crippen LogP contribution in [0.3, 0.4) is 0 Å². The quantitative estimate of drug-likeness (QED) is 0.702. The summed E-state index contributed by atoms with van der Waals surface area (Å²) in [6.45, 7) is 16.3. The van der Waals surface area contributed by atoms with Gasteiger partial charge in [0, 0.05) is 6.54 Å². The van der Waals surface area contributed by atoms with E-state index in [1.807, 2.05) is 85.7 Å². The highest BCUT2D eigenvalue weighted by atomic mass is 16.7. The van der Waals surface area contributed by atoms with Crippen LogP contribution in [0.2, 0.25) is 0 Å². The first-order valence-corrected chi connectivity index (χ1v) is 10.1. The third-order valence-electron chi connectivity index (χ3n) is 4.91. The van der Waals surface area contributed by atoms with Gasteiger partial charge in [0.05, 0.1) is 17.8 Å². The van der Waals surface area contributed by atoms with E-state index in [2.05, 4.69) is 5.32 Å². The van der Waals surface area contributed by atoms with Crippen molar-refractivity contribution in [1.82, 2.24) is 5.32 Å². The Morgan fingerprint density at radius 2 is 1.79 bits per heavy atom. The van der Waals surface area contributed by atoms with Gasteiger partial charge in [-0.2, -0.15) is 0 Å². The van der Waals surface area contributed by atoms with Gasteiger partial charge >= 0.3 is 13.2 Å². The van der Waals surface area contributed by atoms with Crippen LogP contribution in [-0.4, -0.2) is 43.2 Å². The van der Waals surface area contributed by atoms with Crippen molar-refractivity contribution in [3.63, 3.8) is 0 Å². The van der Waals surface area contributed by atoms with E-state index in [0.29, 0.717) is 6.61 Å². The van der Waals surface area contributed by atoms with Gasteiger partial charge in [0.25, 0.3) is 0 Å². The van der Waals surface area contributed by atoms with Gasteiger partial charge in [-0.25, -0.2) is 4.79 Å². The molecule has 1 aromatic rings. The molecule has 0 radical (unpaired) electrons. The van der Waals surface area contributed by atoms with Crippen molar-refractivity contribution in [3.05, 3.63) is 35.3 Å². The maximum absolute atomic E-state index is 12.2. The van der Waals surface area contributed by atoms with E-state index >= 15 is 0 Å². The van der Waals surface area contributed by atoms with Crippen molar-refractivity contribution in [1.29, 1.82) is 0 Å². The van der Waals surface area contributed by atoms with E-state index in [1.165, 1.54) is 0 Å². The number of alkyl carbamates (subject to hydrolysis) is 1.